The molecule has 13 heteroatoms. The fourth-order valence-electron chi connectivity index (χ4n) is 2.89. The lowest BCUT2D eigenvalue weighted by Gasteiger charge is -2.24. The minimum Gasteiger partial charge on any atom is -0.468 e. The molecule has 3 rings (SSSR count). The van der Waals surface area contributed by atoms with Gasteiger partial charge in [0.2, 0.25) is 0 Å². The molecule has 11 nitrogen and oxygen atoms in total. The number of aromatic amines is 1. The van der Waals surface area contributed by atoms with E-state index in [1.807, 2.05) is 0 Å². The molecular formula is C20H23ClN3O8P. The number of methoxy groups -OCH3 is 1. The molecule has 1 aliphatic heterocycles. The molecule has 0 bridgehead atoms. The maximum atomic E-state index is 13.4. The van der Waals surface area contributed by atoms with Crippen molar-refractivity contribution in [3.8, 4) is 5.75 Å². The summed E-state index contributed by atoms with van der Waals surface area (Å²) < 4.78 is 36.1. The van der Waals surface area contributed by atoms with E-state index in [4.69, 9.17) is 25.4 Å². The van der Waals surface area contributed by atoms with Gasteiger partial charge >= 0.3 is 19.4 Å². The molecule has 0 saturated carbocycles. The minimum absolute atomic E-state index is 0.0862. The van der Waals surface area contributed by atoms with Crippen LogP contribution in [0.3, 0.4) is 0 Å². The van der Waals surface area contributed by atoms with Crippen LogP contribution in [0.4, 0.5) is 0 Å². The highest BCUT2D eigenvalue weighted by Crippen LogP contribution is 2.47. The van der Waals surface area contributed by atoms with Crippen molar-refractivity contribution in [3.63, 3.8) is 0 Å². The highest BCUT2D eigenvalue weighted by Gasteiger charge is 2.34. The number of carbonyl (C=O) groups excluding carboxylic acids is 1. The molecule has 0 amide bonds. The van der Waals surface area contributed by atoms with Gasteiger partial charge in [0.25, 0.3) is 5.56 Å². The van der Waals surface area contributed by atoms with Crippen LogP contribution in [-0.2, 0) is 23.4 Å². The van der Waals surface area contributed by atoms with Crippen molar-refractivity contribution in [2.75, 3.05) is 13.7 Å². The molecule has 4 atom stereocenters. The number of nitrogens with one attached hydrogen (secondary N) is 2. The zero-order chi connectivity index (χ0) is 24.2. The second-order valence-corrected chi connectivity index (χ2v) is 9.22. The Balaban J connectivity index is 1.72. The molecule has 2 unspecified atom stereocenters. The zero-order valence-electron chi connectivity index (χ0n) is 18.0. The first-order valence-corrected chi connectivity index (χ1v) is 11.7. The third kappa shape index (κ3) is 6.21. The summed E-state index contributed by atoms with van der Waals surface area (Å²) in [5, 5.41) is 2.71. The molecule has 33 heavy (non-hydrogen) atoms. The number of nitrogens with zero attached hydrogens (tertiary/aromatic N) is 1. The molecule has 1 aromatic heterocycles. The predicted molar refractivity (Wildman–Crippen MR) is 119 cm³/mol. The summed E-state index contributed by atoms with van der Waals surface area (Å²) in [4.78, 5) is 37.7. The Labute approximate surface area is 193 Å². The highest BCUT2D eigenvalue weighted by atomic mass is 35.5. The molecule has 0 spiro atoms. The molecule has 2 N–H and O–H groups in total. The van der Waals surface area contributed by atoms with Crippen LogP contribution in [0.25, 0.3) is 0 Å². The van der Waals surface area contributed by atoms with Gasteiger partial charge in [0.05, 0.1) is 18.7 Å². The number of carbonyl (C=O) groups is 1. The SMILES string of the molecule is COC(=O)C(C)NP(=O)(OC[C@@H]1C=C[C@H](n2cc(C)c(=O)[nH]c2=O)O1)Oc1ccccc1Cl. The van der Waals surface area contributed by atoms with E-state index >= 15 is 0 Å². The lowest BCUT2D eigenvalue weighted by molar-refractivity contribution is -0.142. The number of halogens is 1. The number of hydrogen-bond donors (Lipinski definition) is 2. The predicted octanol–water partition coefficient (Wildman–Crippen LogP) is 2.31. The van der Waals surface area contributed by atoms with Crippen LogP contribution in [0.15, 0.2) is 52.2 Å². The fourth-order valence-corrected chi connectivity index (χ4v) is 4.64. The van der Waals surface area contributed by atoms with E-state index in [-0.39, 0.29) is 17.4 Å². The summed E-state index contributed by atoms with van der Waals surface area (Å²) in [6.07, 6.45) is 3.09. The largest absolute Gasteiger partial charge is 0.468 e. The van der Waals surface area contributed by atoms with Gasteiger partial charge in [-0.15, -0.1) is 0 Å². The van der Waals surface area contributed by atoms with Gasteiger partial charge in [0, 0.05) is 11.8 Å². The third-order valence-corrected chi connectivity index (χ3v) is 6.54. The Bertz CT molecular complexity index is 1210. The first-order valence-electron chi connectivity index (χ1n) is 9.82. The van der Waals surface area contributed by atoms with Gasteiger partial charge in [-0.1, -0.05) is 29.8 Å². The standard InChI is InChI=1S/C20H23ClN3O8P/c1-12-10-24(20(27)22-18(12)25)17-9-8-14(31-17)11-30-33(28,23-13(2)19(26)29-3)32-16-7-5-4-6-15(16)21/h4-10,13-14,17H,11H2,1-3H3,(H,23,28)(H,22,25,27)/t13?,14-,17+,33?/m0/s1. The number of para-hydroxylation sites is 1. The van der Waals surface area contributed by atoms with Crippen molar-refractivity contribution in [3.05, 3.63) is 74.0 Å². The number of aromatic nitrogens is 2. The molecule has 0 radical (unpaired) electrons. The van der Waals surface area contributed by atoms with E-state index in [1.54, 1.807) is 37.3 Å². The third-order valence-electron chi connectivity index (χ3n) is 4.60. The van der Waals surface area contributed by atoms with E-state index in [9.17, 15) is 18.9 Å². The lowest BCUT2D eigenvalue weighted by atomic mass is 10.3. The number of H-pyrrole nitrogens is 1. The summed E-state index contributed by atoms with van der Waals surface area (Å²) in [5.41, 5.74) is -0.783. The van der Waals surface area contributed by atoms with Crippen molar-refractivity contribution in [2.45, 2.75) is 32.2 Å². The molecule has 0 saturated heterocycles. The molecule has 0 aliphatic carbocycles. The van der Waals surface area contributed by atoms with Crippen LogP contribution >= 0.6 is 19.3 Å². The van der Waals surface area contributed by atoms with Gasteiger partial charge < -0.3 is 14.0 Å². The second kappa shape index (κ2) is 10.5. The summed E-state index contributed by atoms with van der Waals surface area (Å²) in [6.45, 7) is 2.75. The maximum absolute atomic E-state index is 13.4. The van der Waals surface area contributed by atoms with Crippen molar-refractivity contribution >= 4 is 25.3 Å². The maximum Gasteiger partial charge on any atom is 0.459 e. The first-order chi connectivity index (χ1) is 15.6. The summed E-state index contributed by atoms with van der Waals surface area (Å²) in [5.74, 6) is -0.588. The van der Waals surface area contributed by atoms with Crippen LogP contribution in [0.5, 0.6) is 5.75 Å². The van der Waals surface area contributed by atoms with Crippen LogP contribution in [0.2, 0.25) is 5.02 Å². The number of esters is 1. The number of benzene rings is 1. The second-order valence-electron chi connectivity index (χ2n) is 7.12. The minimum atomic E-state index is -4.12. The zero-order valence-corrected chi connectivity index (χ0v) is 19.7. The van der Waals surface area contributed by atoms with Crippen LogP contribution in [0, 0.1) is 6.92 Å². The Morgan fingerprint density at radius 2 is 2.06 bits per heavy atom. The molecule has 2 heterocycles. The normalized spacial score (nSPS) is 20.2. The average Bonchev–Trinajstić information content (AvgIpc) is 3.25. The van der Waals surface area contributed by atoms with Crippen molar-refractivity contribution in [1.29, 1.82) is 0 Å². The van der Waals surface area contributed by atoms with Crippen molar-refractivity contribution in [2.24, 2.45) is 0 Å². The first kappa shape index (κ1) is 24.9. The molecule has 1 aromatic carbocycles. The van der Waals surface area contributed by atoms with E-state index in [0.717, 1.165) is 0 Å². The monoisotopic (exact) mass is 499 g/mol. The van der Waals surface area contributed by atoms with Gasteiger partial charge in [-0.3, -0.25) is 23.7 Å². The quantitative estimate of drug-likeness (QED) is 0.302. The topological polar surface area (TPSA) is 138 Å². The molecular weight excluding hydrogens is 477 g/mol. The van der Waals surface area contributed by atoms with Crippen LogP contribution in [-0.4, -0.2) is 41.4 Å². The lowest BCUT2D eigenvalue weighted by Crippen LogP contribution is -2.35. The smallest absolute Gasteiger partial charge is 0.459 e. The Hall–Kier alpha value is -2.69. The van der Waals surface area contributed by atoms with E-state index in [1.165, 1.54) is 30.9 Å². The van der Waals surface area contributed by atoms with Crippen molar-refractivity contribution in [1.82, 2.24) is 14.6 Å². The fraction of sp³-hybridized carbons (Fsp3) is 0.350. The van der Waals surface area contributed by atoms with E-state index in [0.29, 0.717) is 5.56 Å². The van der Waals surface area contributed by atoms with Crippen LogP contribution in [0.1, 0.15) is 18.7 Å². The van der Waals surface area contributed by atoms with Crippen LogP contribution < -0.4 is 20.9 Å². The van der Waals surface area contributed by atoms with Gasteiger partial charge in [0.1, 0.15) is 17.9 Å². The van der Waals surface area contributed by atoms with Crippen molar-refractivity contribution < 1.29 is 27.9 Å². The van der Waals surface area contributed by atoms with Gasteiger partial charge in [-0.25, -0.2) is 9.36 Å². The summed E-state index contributed by atoms with van der Waals surface area (Å²) in [7, 11) is -2.93. The van der Waals surface area contributed by atoms with Gasteiger partial charge in [0.15, 0.2) is 6.23 Å². The molecule has 0 fully saturated rings. The number of hydrogen-bond acceptors (Lipinski definition) is 8. The average molecular weight is 500 g/mol. The number of ether oxygens (including phenoxy) is 2. The Kier molecular flexibility index (Phi) is 7.93. The van der Waals surface area contributed by atoms with E-state index < -0.39 is 43.3 Å². The van der Waals surface area contributed by atoms with Gasteiger partial charge in [-0.2, -0.15) is 5.09 Å². The Morgan fingerprint density at radius 3 is 2.76 bits per heavy atom. The summed E-state index contributed by atoms with van der Waals surface area (Å²) in [6, 6.07) is 5.33. The molecule has 178 valence electrons. The summed E-state index contributed by atoms with van der Waals surface area (Å²) >= 11 is 6.10. The molecule has 1 aliphatic rings. The number of rotatable bonds is 9. The highest BCUT2D eigenvalue weighted by molar-refractivity contribution is 7.52. The Morgan fingerprint density at radius 1 is 1.33 bits per heavy atom. The molecule has 2 aromatic rings. The number of aryl methyl sites for hydroxylation is 1. The van der Waals surface area contributed by atoms with Gasteiger partial charge in [-0.05, 0) is 32.1 Å². The van der Waals surface area contributed by atoms with E-state index in [2.05, 4.69) is 14.8 Å².